The van der Waals surface area contributed by atoms with E-state index in [0.717, 1.165) is 12.5 Å². The number of carbonyl (C=O) groups excluding carboxylic acids is 1. The minimum atomic E-state index is -0.728. The first-order valence-electron chi connectivity index (χ1n) is 8.41. The van der Waals surface area contributed by atoms with Crippen molar-refractivity contribution in [3.63, 3.8) is 0 Å². The molecule has 0 aliphatic heterocycles. The summed E-state index contributed by atoms with van der Waals surface area (Å²) in [7, 11) is 1.69. The summed E-state index contributed by atoms with van der Waals surface area (Å²) >= 11 is 0. The maximum absolute atomic E-state index is 11.2. The molecule has 0 fully saturated rings. The summed E-state index contributed by atoms with van der Waals surface area (Å²) in [5.74, 6) is 0.312. The summed E-state index contributed by atoms with van der Waals surface area (Å²) < 4.78 is 20.8. The van der Waals surface area contributed by atoms with Crippen molar-refractivity contribution in [3.05, 3.63) is 47.4 Å². The summed E-state index contributed by atoms with van der Waals surface area (Å²) in [4.78, 5) is 20.1. The molecule has 0 unspecified atom stereocenters. The van der Waals surface area contributed by atoms with Gasteiger partial charge in [-0.3, -0.25) is 10.1 Å². The number of nitro groups is 1. The van der Waals surface area contributed by atoms with Gasteiger partial charge in [-0.15, -0.1) is 0 Å². The van der Waals surface area contributed by atoms with E-state index >= 15 is 0 Å². The minimum absolute atomic E-state index is 0.167. The number of nitrogens with zero attached hydrogens (tertiary/aromatic N) is 1. The molecule has 0 spiro atoms. The molecule has 8 heteroatoms. The van der Waals surface area contributed by atoms with E-state index < -0.39 is 11.1 Å². The number of rotatable bonds is 11. The zero-order chi connectivity index (χ0) is 21.7. The lowest BCUT2D eigenvalue weighted by atomic mass is 10.0. The predicted octanol–water partition coefficient (Wildman–Crippen LogP) is 4.64. The van der Waals surface area contributed by atoms with Gasteiger partial charge in [-0.2, -0.15) is 0 Å². The van der Waals surface area contributed by atoms with Gasteiger partial charge in [0.1, 0.15) is 5.76 Å². The fourth-order valence-corrected chi connectivity index (χ4v) is 1.37. The summed E-state index contributed by atoms with van der Waals surface area (Å²) in [6.07, 6.45) is 1.76. The number of hydrogen-bond donors (Lipinski definition) is 0. The SMILES string of the molecule is C=C(C)OC(=O)OCCC(C)(C)OCCC(C)(C)OC.C=CC(=C)[N+](=O)[O-]. The van der Waals surface area contributed by atoms with Crippen LogP contribution in [-0.4, -0.2) is 42.6 Å². The molecule has 0 saturated heterocycles. The molecule has 0 aliphatic carbocycles. The molecule has 0 aliphatic rings. The molecule has 0 heterocycles. The third-order valence-electron chi connectivity index (χ3n) is 3.40. The van der Waals surface area contributed by atoms with E-state index in [2.05, 4.69) is 19.7 Å². The van der Waals surface area contributed by atoms with Crippen molar-refractivity contribution in [2.45, 2.75) is 58.7 Å². The van der Waals surface area contributed by atoms with Crippen LogP contribution in [0.25, 0.3) is 0 Å². The van der Waals surface area contributed by atoms with Crippen LogP contribution in [0.4, 0.5) is 4.79 Å². The lowest BCUT2D eigenvalue weighted by Gasteiger charge is -2.28. The second-order valence-corrected chi connectivity index (χ2v) is 6.93. The first-order valence-corrected chi connectivity index (χ1v) is 8.41. The number of methoxy groups -OCH3 is 1. The summed E-state index contributed by atoms with van der Waals surface area (Å²) in [6, 6.07) is 0. The van der Waals surface area contributed by atoms with E-state index in [1.165, 1.54) is 0 Å². The maximum atomic E-state index is 11.2. The van der Waals surface area contributed by atoms with Crippen molar-refractivity contribution < 1.29 is 28.7 Å². The van der Waals surface area contributed by atoms with Crippen LogP contribution in [0.1, 0.15) is 47.5 Å². The van der Waals surface area contributed by atoms with E-state index in [-0.39, 0.29) is 23.5 Å². The molecule has 8 nitrogen and oxygen atoms in total. The van der Waals surface area contributed by atoms with E-state index in [4.69, 9.17) is 18.9 Å². The third kappa shape index (κ3) is 17.0. The van der Waals surface area contributed by atoms with Gasteiger partial charge in [-0.25, -0.2) is 4.79 Å². The molecule has 156 valence electrons. The second kappa shape index (κ2) is 13.1. The zero-order valence-corrected chi connectivity index (χ0v) is 17.3. The molecule has 0 bridgehead atoms. The van der Waals surface area contributed by atoms with Crippen LogP contribution >= 0.6 is 0 Å². The van der Waals surface area contributed by atoms with Gasteiger partial charge in [-0.05, 0) is 47.6 Å². The van der Waals surface area contributed by atoms with Crippen molar-refractivity contribution >= 4 is 6.16 Å². The van der Waals surface area contributed by atoms with Gasteiger partial charge in [0.2, 0.25) is 0 Å². The molecule has 0 rings (SSSR count). The second-order valence-electron chi connectivity index (χ2n) is 6.93. The van der Waals surface area contributed by atoms with Gasteiger partial charge in [0.05, 0.1) is 29.3 Å². The number of carbonyl (C=O) groups is 1. The molecule has 0 aromatic carbocycles. The molecule has 0 aromatic rings. The van der Waals surface area contributed by atoms with E-state index in [1.54, 1.807) is 14.0 Å². The molecule has 0 radical (unpaired) electrons. The fourth-order valence-electron chi connectivity index (χ4n) is 1.37. The molecule has 0 aromatic heterocycles. The largest absolute Gasteiger partial charge is 0.513 e. The van der Waals surface area contributed by atoms with Gasteiger partial charge in [0.15, 0.2) is 0 Å². The van der Waals surface area contributed by atoms with Crippen molar-refractivity contribution in [1.29, 1.82) is 0 Å². The molecule has 0 saturated carbocycles. The Labute approximate surface area is 162 Å². The van der Waals surface area contributed by atoms with Crippen LogP contribution < -0.4 is 0 Å². The Bertz CT molecular complexity index is 524. The van der Waals surface area contributed by atoms with Crippen LogP contribution in [0.15, 0.2) is 37.3 Å². The van der Waals surface area contributed by atoms with Crippen molar-refractivity contribution in [3.8, 4) is 0 Å². The fraction of sp³-hybridized carbons (Fsp3) is 0.632. The van der Waals surface area contributed by atoms with Crippen LogP contribution in [0.3, 0.4) is 0 Å². The predicted molar refractivity (Wildman–Crippen MR) is 104 cm³/mol. The normalized spacial score (nSPS) is 10.9. The number of allylic oxidation sites excluding steroid dienone is 2. The summed E-state index contributed by atoms with van der Waals surface area (Å²) in [5, 5.41) is 9.57. The minimum Gasteiger partial charge on any atom is -0.434 e. The Kier molecular flexibility index (Phi) is 13.1. The molecule has 0 atom stereocenters. The molecule has 0 amide bonds. The Morgan fingerprint density at radius 3 is 2.00 bits per heavy atom. The van der Waals surface area contributed by atoms with Crippen molar-refractivity contribution in [1.82, 2.24) is 0 Å². The highest BCUT2D eigenvalue weighted by Crippen LogP contribution is 2.19. The van der Waals surface area contributed by atoms with Crippen molar-refractivity contribution in [2.24, 2.45) is 0 Å². The standard InChI is InChI=1S/C15H28O5.C4H5NO2/c1-12(2)20-13(16)18-10-8-15(5,6)19-11-9-14(3,4)17-7;1-3-4(2)5(6)7/h1,8-11H2,2-7H3;3H,1-2H2. The lowest BCUT2D eigenvalue weighted by molar-refractivity contribution is -0.418. The van der Waals surface area contributed by atoms with Crippen LogP contribution in [-0.2, 0) is 18.9 Å². The van der Waals surface area contributed by atoms with Crippen LogP contribution in [0.5, 0.6) is 0 Å². The quantitative estimate of drug-likeness (QED) is 0.167. The highest BCUT2D eigenvalue weighted by atomic mass is 16.7. The van der Waals surface area contributed by atoms with E-state index in [0.29, 0.717) is 18.8 Å². The maximum Gasteiger partial charge on any atom is 0.513 e. The lowest BCUT2D eigenvalue weighted by Crippen LogP contribution is -2.31. The first kappa shape index (κ1) is 27.0. The molecule has 0 N–H and O–H groups in total. The summed E-state index contributed by atoms with van der Waals surface area (Å²) in [6.45, 7) is 20.0. The van der Waals surface area contributed by atoms with Gasteiger partial charge in [0.25, 0.3) is 5.70 Å². The van der Waals surface area contributed by atoms with Crippen molar-refractivity contribution in [2.75, 3.05) is 20.3 Å². The number of hydrogen-bond acceptors (Lipinski definition) is 7. The average Bonchev–Trinajstić information content (AvgIpc) is 2.53. The van der Waals surface area contributed by atoms with E-state index in [1.807, 2.05) is 27.7 Å². The molecular weight excluding hydrogens is 354 g/mol. The van der Waals surface area contributed by atoms with Crippen LogP contribution in [0, 0.1) is 10.1 Å². The number of ether oxygens (including phenoxy) is 4. The topological polar surface area (TPSA) is 97.1 Å². The van der Waals surface area contributed by atoms with E-state index in [9.17, 15) is 14.9 Å². The summed E-state index contributed by atoms with van der Waals surface area (Å²) in [5.41, 5.74) is -0.731. The highest BCUT2D eigenvalue weighted by Gasteiger charge is 2.22. The van der Waals surface area contributed by atoms with Gasteiger partial charge in [0, 0.05) is 19.6 Å². The zero-order valence-electron chi connectivity index (χ0n) is 17.3. The first-order chi connectivity index (χ1) is 12.3. The highest BCUT2D eigenvalue weighted by molar-refractivity contribution is 5.61. The Hall–Kier alpha value is -2.19. The van der Waals surface area contributed by atoms with Gasteiger partial charge < -0.3 is 18.9 Å². The smallest absolute Gasteiger partial charge is 0.434 e. The third-order valence-corrected chi connectivity index (χ3v) is 3.40. The molecular formula is C19H33NO7. The van der Waals surface area contributed by atoms with Crippen LogP contribution in [0.2, 0.25) is 0 Å². The Morgan fingerprint density at radius 2 is 1.63 bits per heavy atom. The average molecular weight is 387 g/mol. The van der Waals surface area contributed by atoms with Gasteiger partial charge >= 0.3 is 6.16 Å². The van der Waals surface area contributed by atoms with Gasteiger partial charge in [-0.1, -0.05) is 13.2 Å². The Morgan fingerprint density at radius 1 is 1.11 bits per heavy atom. The molecule has 27 heavy (non-hydrogen) atoms. The Balaban J connectivity index is 0. The monoisotopic (exact) mass is 387 g/mol.